The van der Waals surface area contributed by atoms with Gasteiger partial charge in [0, 0.05) is 6.07 Å². The average molecular weight is 271 g/mol. The van der Waals surface area contributed by atoms with E-state index in [2.05, 4.69) is 4.98 Å². The first-order valence-electron chi connectivity index (χ1n) is 5.92. The Morgan fingerprint density at radius 1 is 1.25 bits per heavy atom. The van der Waals surface area contributed by atoms with Gasteiger partial charge in [-0.05, 0) is 17.7 Å². The molecule has 1 aromatic heterocycles. The summed E-state index contributed by atoms with van der Waals surface area (Å²) in [6.45, 7) is 0.173. The van der Waals surface area contributed by atoms with Crippen LogP contribution in [0.3, 0.4) is 0 Å². The molecule has 0 aliphatic heterocycles. The Morgan fingerprint density at radius 3 is 2.70 bits per heavy atom. The second-order valence-electron chi connectivity index (χ2n) is 3.94. The Balaban J connectivity index is 2.02. The number of hydrogen-bond donors (Lipinski definition) is 1. The normalized spacial score (nSPS) is 10.6. The van der Waals surface area contributed by atoms with E-state index in [1.54, 1.807) is 6.08 Å². The van der Waals surface area contributed by atoms with Crippen molar-refractivity contribution >= 4 is 17.6 Å². The van der Waals surface area contributed by atoms with Crippen LogP contribution >= 0.6 is 0 Å². The van der Waals surface area contributed by atoms with Gasteiger partial charge >= 0.3 is 5.69 Å². The molecule has 0 saturated heterocycles. The Bertz CT molecular complexity index is 627. The number of nitrogens with zero attached hydrogens (tertiary/aromatic N) is 2. The summed E-state index contributed by atoms with van der Waals surface area (Å²) in [7, 11) is 0. The van der Waals surface area contributed by atoms with E-state index >= 15 is 0 Å². The number of rotatable bonds is 5. The highest BCUT2D eigenvalue weighted by atomic mass is 16.6. The second-order valence-corrected chi connectivity index (χ2v) is 3.94. The Hall–Kier alpha value is -2.89. The molecule has 0 aliphatic rings. The molecule has 6 nitrogen and oxygen atoms in total. The third kappa shape index (κ3) is 3.55. The zero-order chi connectivity index (χ0) is 14.4. The van der Waals surface area contributed by atoms with Crippen molar-refractivity contribution < 1.29 is 9.66 Å². The molecule has 0 saturated carbocycles. The van der Waals surface area contributed by atoms with Gasteiger partial charge in [0.05, 0.1) is 4.92 Å². The van der Waals surface area contributed by atoms with E-state index in [1.807, 2.05) is 36.4 Å². The number of nitro groups is 1. The molecule has 20 heavy (non-hydrogen) atoms. The fourth-order valence-corrected chi connectivity index (χ4v) is 1.57. The molecule has 0 spiro atoms. The maximum absolute atomic E-state index is 10.8. The number of pyridine rings is 1. The van der Waals surface area contributed by atoms with Crippen LogP contribution in [0, 0.1) is 10.1 Å². The summed E-state index contributed by atoms with van der Waals surface area (Å²) >= 11 is 0. The summed E-state index contributed by atoms with van der Waals surface area (Å²) in [5.41, 5.74) is 6.31. The van der Waals surface area contributed by atoms with Crippen LogP contribution in [0.5, 0.6) is 5.88 Å². The summed E-state index contributed by atoms with van der Waals surface area (Å²) in [6.07, 6.45) is 3.61. The van der Waals surface area contributed by atoms with E-state index in [0.29, 0.717) is 0 Å². The average Bonchev–Trinajstić information content (AvgIpc) is 2.44. The smallest absolute Gasteiger partial charge is 0.331 e. The van der Waals surface area contributed by atoms with Crippen LogP contribution in [0.1, 0.15) is 5.56 Å². The lowest BCUT2D eigenvalue weighted by atomic mass is 10.2. The van der Waals surface area contributed by atoms with Gasteiger partial charge in [-0.2, -0.15) is 4.98 Å². The molecule has 2 rings (SSSR count). The van der Waals surface area contributed by atoms with Crippen molar-refractivity contribution in [1.29, 1.82) is 0 Å². The molecule has 1 aromatic carbocycles. The van der Waals surface area contributed by atoms with E-state index < -0.39 is 4.92 Å². The van der Waals surface area contributed by atoms with Gasteiger partial charge in [-0.1, -0.05) is 36.4 Å². The van der Waals surface area contributed by atoms with Crippen LogP contribution in [-0.4, -0.2) is 16.5 Å². The zero-order valence-corrected chi connectivity index (χ0v) is 10.6. The van der Waals surface area contributed by atoms with Crippen molar-refractivity contribution in [2.75, 3.05) is 12.3 Å². The van der Waals surface area contributed by atoms with Crippen LogP contribution in [-0.2, 0) is 0 Å². The van der Waals surface area contributed by atoms with Crippen LogP contribution in [0.25, 0.3) is 6.08 Å². The van der Waals surface area contributed by atoms with Gasteiger partial charge in [0.25, 0.3) is 5.88 Å². The Morgan fingerprint density at radius 2 is 2.00 bits per heavy atom. The number of aromatic nitrogens is 1. The molecule has 0 bridgehead atoms. The minimum Gasteiger partial charge on any atom is -0.469 e. The third-order valence-electron chi connectivity index (χ3n) is 2.48. The fraction of sp³-hybridized carbons (Fsp3) is 0.0714. The lowest BCUT2D eigenvalue weighted by Gasteiger charge is -2.03. The quantitative estimate of drug-likeness (QED) is 0.666. The number of hydrogen-bond acceptors (Lipinski definition) is 5. The molecule has 0 unspecified atom stereocenters. The van der Waals surface area contributed by atoms with E-state index in [0.717, 1.165) is 5.56 Å². The summed E-state index contributed by atoms with van der Waals surface area (Å²) in [5.74, 6) is 0.102. The topological polar surface area (TPSA) is 91.3 Å². The minimum atomic E-state index is -0.553. The van der Waals surface area contributed by atoms with Crippen LogP contribution in [0.2, 0.25) is 0 Å². The monoisotopic (exact) mass is 271 g/mol. The predicted molar refractivity (Wildman–Crippen MR) is 76.3 cm³/mol. The Kier molecular flexibility index (Phi) is 4.28. The van der Waals surface area contributed by atoms with Crippen LogP contribution in [0.4, 0.5) is 11.5 Å². The van der Waals surface area contributed by atoms with E-state index in [4.69, 9.17) is 10.5 Å². The van der Waals surface area contributed by atoms with Gasteiger partial charge in [-0.15, -0.1) is 0 Å². The van der Waals surface area contributed by atoms with E-state index in [-0.39, 0.29) is 24.0 Å². The third-order valence-corrected chi connectivity index (χ3v) is 2.48. The molecule has 1 heterocycles. The lowest BCUT2D eigenvalue weighted by Crippen LogP contribution is -2.02. The number of nitrogen functional groups attached to an aromatic ring is 1. The summed E-state index contributed by atoms with van der Waals surface area (Å²) in [4.78, 5) is 14.1. The first kappa shape index (κ1) is 13.5. The highest BCUT2D eigenvalue weighted by Crippen LogP contribution is 2.25. The summed E-state index contributed by atoms with van der Waals surface area (Å²) in [6, 6.07) is 12.3. The van der Waals surface area contributed by atoms with E-state index in [1.165, 1.54) is 12.1 Å². The standard InChI is InChI=1S/C14H13N3O3/c15-13-9-8-12(17(18)19)14(16-13)20-10-4-7-11-5-2-1-3-6-11/h1-9H,10H2,(H2,15,16)/b7-4+. The molecule has 2 N–H and O–H groups in total. The number of benzene rings is 1. The van der Waals surface area contributed by atoms with Gasteiger partial charge in [0.1, 0.15) is 12.4 Å². The zero-order valence-electron chi connectivity index (χ0n) is 10.6. The first-order chi connectivity index (χ1) is 9.66. The Labute approximate surface area is 115 Å². The molecule has 6 heteroatoms. The molecule has 102 valence electrons. The number of ether oxygens (including phenoxy) is 1. The molecule has 2 aromatic rings. The molecular formula is C14H13N3O3. The second kappa shape index (κ2) is 6.33. The van der Waals surface area contributed by atoms with Crippen molar-refractivity contribution in [1.82, 2.24) is 4.98 Å². The highest BCUT2D eigenvalue weighted by molar-refractivity contribution is 5.49. The summed E-state index contributed by atoms with van der Waals surface area (Å²) < 4.78 is 5.28. The first-order valence-corrected chi connectivity index (χ1v) is 5.92. The van der Waals surface area contributed by atoms with Gasteiger partial charge < -0.3 is 10.5 Å². The largest absolute Gasteiger partial charge is 0.469 e. The highest BCUT2D eigenvalue weighted by Gasteiger charge is 2.16. The van der Waals surface area contributed by atoms with Crippen molar-refractivity contribution in [2.45, 2.75) is 0 Å². The summed E-state index contributed by atoms with van der Waals surface area (Å²) in [5, 5.41) is 10.8. The van der Waals surface area contributed by atoms with Gasteiger partial charge in [-0.3, -0.25) is 10.1 Å². The number of nitrogens with two attached hydrogens (primary N) is 1. The fourth-order valence-electron chi connectivity index (χ4n) is 1.57. The van der Waals surface area contributed by atoms with E-state index in [9.17, 15) is 10.1 Å². The van der Waals surface area contributed by atoms with Crippen molar-refractivity contribution in [3.05, 3.63) is 64.2 Å². The molecule has 0 aliphatic carbocycles. The van der Waals surface area contributed by atoms with Crippen molar-refractivity contribution in [2.24, 2.45) is 0 Å². The van der Waals surface area contributed by atoms with Gasteiger partial charge in [-0.25, -0.2) is 0 Å². The maximum atomic E-state index is 10.8. The molecule has 0 radical (unpaired) electrons. The maximum Gasteiger partial charge on any atom is 0.331 e. The van der Waals surface area contributed by atoms with Crippen molar-refractivity contribution in [3.8, 4) is 5.88 Å². The molecule has 0 atom stereocenters. The lowest BCUT2D eigenvalue weighted by molar-refractivity contribution is -0.386. The molecule has 0 amide bonds. The molecule has 0 fully saturated rings. The van der Waals surface area contributed by atoms with Crippen molar-refractivity contribution in [3.63, 3.8) is 0 Å². The van der Waals surface area contributed by atoms with Gasteiger partial charge in [0.15, 0.2) is 0 Å². The minimum absolute atomic E-state index is 0.0762. The SMILES string of the molecule is Nc1ccc([N+](=O)[O-])c(OC/C=C/c2ccccc2)n1. The number of anilines is 1. The van der Waals surface area contributed by atoms with Crippen LogP contribution < -0.4 is 10.5 Å². The van der Waals surface area contributed by atoms with Crippen LogP contribution in [0.15, 0.2) is 48.5 Å². The van der Waals surface area contributed by atoms with Gasteiger partial charge in [0.2, 0.25) is 0 Å². The predicted octanol–water partition coefficient (Wildman–Crippen LogP) is 2.66. The molecular weight excluding hydrogens is 258 g/mol.